The molecule has 17 heavy (non-hydrogen) atoms. The number of hydrogen-bond donors (Lipinski definition) is 2. The van der Waals surface area contributed by atoms with E-state index >= 15 is 0 Å². The lowest BCUT2D eigenvalue weighted by molar-refractivity contribution is -0.127. The molecule has 0 unspecified atom stereocenters. The quantitative estimate of drug-likeness (QED) is 0.794. The highest BCUT2D eigenvalue weighted by atomic mass is 35.5. The summed E-state index contributed by atoms with van der Waals surface area (Å²) in [6, 6.07) is -0.368. The fraction of sp³-hybridized carbons (Fsp3) is 0.923. The van der Waals surface area contributed by atoms with Gasteiger partial charge in [-0.25, -0.2) is 0 Å². The maximum absolute atomic E-state index is 11.8. The summed E-state index contributed by atoms with van der Waals surface area (Å²) in [5.74, 6) is 2.67. The highest BCUT2D eigenvalue weighted by Crippen LogP contribution is 2.55. The zero-order chi connectivity index (χ0) is 11.3. The minimum atomic E-state index is -0.368. The van der Waals surface area contributed by atoms with E-state index in [1.54, 1.807) is 6.92 Å². The molecule has 0 aromatic carbocycles. The van der Waals surface area contributed by atoms with Crippen LogP contribution < -0.4 is 11.1 Å². The molecular formula is C13H23ClN2O. The van der Waals surface area contributed by atoms with Crippen LogP contribution in [0.1, 0.15) is 45.4 Å². The number of nitrogens with one attached hydrogen (secondary N) is 1. The second-order valence-corrected chi connectivity index (χ2v) is 6.48. The van der Waals surface area contributed by atoms with E-state index in [0.717, 1.165) is 17.8 Å². The Hall–Kier alpha value is -0.280. The Morgan fingerprint density at radius 3 is 1.94 bits per heavy atom. The number of halogens is 1. The topological polar surface area (TPSA) is 55.1 Å². The van der Waals surface area contributed by atoms with Gasteiger partial charge in [-0.2, -0.15) is 0 Å². The molecule has 0 heterocycles. The third-order valence-corrected chi connectivity index (χ3v) is 4.84. The SMILES string of the molecule is C[C@H](N)C(=O)NC12CC3CC(CC(C3)C1)C2.Cl. The molecule has 0 spiro atoms. The summed E-state index contributed by atoms with van der Waals surface area (Å²) >= 11 is 0. The van der Waals surface area contributed by atoms with E-state index in [4.69, 9.17) is 5.73 Å². The Morgan fingerprint density at radius 1 is 1.18 bits per heavy atom. The number of amides is 1. The van der Waals surface area contributed by atoms with Crippen LogP contribution in [0.4, 0.5) is 0 Å². The molecule has 3 nitrogen and oxygen atoms in total. The normalized spacial score (nSPS) is 44.0. The van der Waals surface area contributed by atoms with Crippen LogP contribution in [-0.2, 0) is 4.79 Å². The van der Waals surface area contributed by atoms with E-state index in [-0.39, 0.29) is 29.9 Å². The zero-order valence-electron chi connectivity index (χ0n) is 10.4. The number of carbonyl (C=O) groups excluding carboxylic acids is 1. The van der Waals surface area contributed by atoms with Crippen LogP contribution in [0, 0.1) is 17.8 Å². The van der Waals surface area contributed by atoms with Gasteiger partial charge in [0.25, 0.3) is 0 Å². The molecule has 4 saturated carbocycles. The van der Waals surface area contributed by atoms with Gasteiger partial charge in [-0.3, -0.25) is 4.79 Å². The summed E-state index contributed by atoms with van der Waals surface area (Å²) in [6.45, 7) is 1.77. The predicted octanol–water partition coefficient (Wildman–Crippen LogP) is 1.84. The lowest BCUT2D eigenvalue weighted by Gasteiger charge is -2.57. The average molecular weight is 259 g/mol. The summed E-state index contributed by atoms with van der Waals surface area (Å²) in [7, 11) is 0. The van der Waals surface area contributed by atoms with E-state index in [1.165, 1.54) is 38.5 Å². The largest absolute Gasteiger partial charge is 0.349 e. The maximum Gasteiger partial charge on any atom is 0.237 e. The van der Waals surface area contributed by atoms with Crippen molar-refractivity contribution in [2.45, 2.75) is 57.0 Å². The third-order valence-electron chi connectivity index (χ3n) is 4.84. The first-order chi connectivity index (χ1) is 7.56. The number of carbonyl (C=O) groups is 1. The molecule has 0 radical (unpaired) electrons. The van der Waals surface area contributed by atoms with Crippen LogP contribution in [0.5, 0.6) is 0 Å². The molecule has 0 saturated heterocycles. The summed E-state index contributed by atoms with van der Waals surface area (Å²) in [6.07, 6.45) is 7.85. The Labute approximate surface area is 109 Å². The lowest BCUT2D eigenvalue weighted by Crippen LogP contribution is -2.61. The van der Waals surface area contributed by atoms with Crippen molar-refractivity contribution in [2.24, 2.45) is 23.5 Å². The van der Waals surface area contributed by atoms with Gasteiger partial charge in [-0.15, -0.1) is 12.4 Å². The van der Waals surface area contributed by atoms with Crippen molar-refractivity contribution >= 4 is 18.3 Å². The summed E-state index contributed by atoms with van der Waals surface area (Å²) < 4.78 is 0. The van der Waals surface area contributed by atoms with Crippen molar-refractivity contribution < 1.29 is 4.79 Å². The molecule has 1 amide bonds. The highest BCUT2D eigenvalue weighted by Gasteiger charge is 2.51. The van der Waals surface area contributed by atoms with Gasteiger partial charge < -0.3 is 11.1 Å². The monoisotopic (exact) mass is 258 g/mol. The van der Waals surface area contributed by atoms with Crippen LogP contribution in [0.2, 0.25) is 0 Å². The average Bonchev–Trinajstić information content (AvgIpc) is 2.13. The molecule has 4 rings (SSSR count). The highest BCUT2D eigenvalue weighted by molar-refractivity contribution is 5.85. The van der Waals surface area contributed by atoms with Gasteiger partial charge in [0.2, 0.25) is 5.91 Å². The molecule has 1 atom stereocenters. The number of nitrogens with two attached hydrogens (primary N) is 1. The van der Waals surface area contributed by atoms with Crippen LogP contribution in [0.25, 0.3) is 0 Å². The standard InChI is InChI=1S/C13H22N2O.ClH/c1-8(14)12(16)15-13-5-9-2-10(6-13)4-11(3-9)7-13;/h8-11H,2-7,14H2,1H3,(H,15,16);1H/t8-,9?,10?,11?,13?;/m0./s1. The van der Waals surface area contributed by atoms with Gasteiger partial charge in [0.05, 0.1) is 6.04 Å². The minimum absolute atomic E-state index is 0. The minimum Gasteiger partial charge on any atom is -0.349 e. The van der Waals surface area contributed by atoms with Crippen molar-refractivity contribution in [2.75, 3.05) is 0 Å². The van der Waals surface area contributed by atoms with Gasteiger partial charge in [0.1, 0.15) is 0 Å². The predicted molar refractivity (Wildman–Crippen MR) is 69.9 cm³/mol. The maximum atomic E-state index is 11.8. The van der Waals surface area contributed by atoms with Gasteiger partial charge in [-0.1, -0.05) is 0 Å². The van der Waals surface area contributed by atoms with Crippen molar-refractivity contribution in [1.82, 2.24) is 5.32 Å². The molecule has 3 N–H and O–H groups in total. The Kier molecular flexibility index (Phi) is 3.43. The van der Waals surface area contributed by atoms with Crippen LogP contribution in [0.3, 0.4) is 0 Å². The van der Waals surface area contributed by atoms with E-state index in [9.17, 15) is 4.79 Å². The molecule has 0 aliphatic heterocycles. The molecule has 4 aliphatic rings. The Balaban J connectivity index is 0.00000108. The molecule has 4 aliphatic carbocycles. The van der Waals surface area contributed by atoms with Gasteiger partial charge >= 0.3 is 0 Å². The first-order valence-corrected chi connectivity index (χ1v) is 6.64. The molecule has 0 aromatic rings. The summed E-state index contributed by atoms with van der Waals surface area (Å²) in [5, 5.41) is 3.26. The van der Waals surface area contributed by atoms with Crippen molar-refractivity contribution in [1.29, 1.82) is 0 Å². The fourth-order valence-electron chi connectivity index (χ4n) is 4.64. The first kappa shape index (κ1) is 13.2. The van der Waals surface area contributed by atoms with Crippen LogP contribution in [-0.4, -0.2) is 17.5 Å². The molecule has 0 aromatic heterocycles. The van der Waals surface area contributed by atoms with E-state index in [0.29, 0.717) is 0 Å². The van der Waals surface area contributed by atoms with Crippen molar-refractivity contribution in [3.8, 4) is 0 Å². The molecule has 4 fully saturated rings. The van der Waals surface area contributed by atoms with E-state index in [2.05, 4.69) is 5.32 Å². The molecule has 4 bridgehead atoms. The van der Waals surface area contributed by atoms with Crippen molar-refractivity contribution in [3.05, 3.63) is 0 Å². The van der Waals surface area contributed by atoms with E-state index in [1.807, 2.05) is 0 Å². The third kappa shape index (κ3) is 2.32. The summed E-state index contributed by atoms with van der Waals surface area (Å²) in [4.78, 5) is 11.8. The van der Waals surface area contributed by atoms with Gasteiger partial charge in [0.15, 0.2) is 0 Å². The fourth-order valence-corrected chi connectivity index (χ4v) is 4.64. The smallest absolute Gasteiger partial charge is 0.237 e. The van der Waals surface area contributed by atoms with Crippen LogP contribution in [0.15, 0.2) is 0 Å². The van der Waals surface area contributed by atoms with Gasteiger partial charge in [-0.05, 0) is 63.2 Å². The molecule has 98 valence electrons. The molecular weight excluding hydrogens is 236 g/mol. The van der Waals surface area contributed by atoms with E-state index < -0.39 is 0 Å². The number of rotatable bonds is 2. The number of hydrogen-bond acceptors (Lipinski definition) is 2. The second kappa shape index (κ2) is 4.43. The zero-order valence-corrected chi connectivity index (χ0v) is 11.3. The lowest BCUT2D eigenvalue weighted by atomic mass is 9.53. The van der Waals surface area contributed by atoms with Crippen LogP contribution >= 0.6 is 12.4 Å². The summed E-state index contributed by atoms with van der Waals surface area (Å²) in [5.41, 5.74) is 5.78. The second-order valence-electron chi connectivity index (χ2n) is 6.48. The Bertz CT molecular complexity index is 281. The first-order valence-electron chi connectivity index (χ1n) is 6.64. The Morgan fingerprint density at radius 2 is 1.59 bits per heavy atom. The van der Waals surface area contributed by atoms with Gasteiger partial charge in [0, 0.05) is 5.54 Å². The van der Waals surface area contributed by atoms with Crippen molar-refractivity contribution in [3.63, 3.8) is 0 Å². The molecule has 4 heteroatoms.